The lowest BCUT2D eigenvalue weighted by Crippen LogP contribution is -2.16. The van der Waals surface area contributed by atoms with E-state index in [1.54, 1.807) is 30.5 Å². The van der Waals surface area contributed by atoms with Crippen LogP contribution in [0.2, 0.25) is 0 Å². The minimum Gasteiger partial charge on any atom is -0.478 e. The average molecular weight is 202 g/mol. The molecule has 1 aromatic rings. The second-order valence-corrected chi connectivity index (χ2v) is 3.15. The highest BCUT2D eigenvalue weighted by Crippen LogP contribution is 2.16. The first-order chi connectivity index (χ1) is 7.27. The van der Waals surface area contributed by atoms with Gasteiger partial charge in [-0.05, 0) is 30.0 Å². The van der Waals surface area contributed by atoms with E-state index >= 15 is 0 Å². The van der Waals surface area contributed by atoms with Crippen LogP contribution in [0.25, 0.3) is 0 Å². The van der Waals surface area contributed by atoms with Crippen LogP contribution in [0.4, 0.5) is 0 Å². The molecule has 0 saturated heterocycles. The Morgan fingerprint density at radius 1 is 1.33 bits per heavy atom. The van der Waals surface area contributed by atoms with Crippen molar-refractivity contribution in [3.63, 3.8) is 0 Å². The molecule has 0 saturated carbocycles. The topological polar surface area (TPSA) is 61.7 Å². The van der Waals surface area contributed by atoms with Gasteiger partial charge in [0.15, 0.2) is 0 Å². The van der Waals surface area contributed by atoms with Gasteiger partial charge >= 0.3 is 5.97 Å². The standard InChI is InChI=1S/C11H10N2O2/c14-11(15)9-4-2-8(3-5-9)10-12-6-1-7-13-10/h1-7,10,12H,(H,14,15)/t10-/m1/s1. The summed E-state index contributed by atoms with van der Waals surface area (Å²) in [6, 6.07) is 6.68. The molecule has 1 heterocycles. The van der Waals surface area contributed by atoms with Crippen LogP contribution in [0.1, 0.15) is 22.1 Å². The molecular weight excluding hydrogens is 192 g/mol. The number of aromatic carboxylic acids is 1. The van der Waals surface area contributed by atoms with Gasteiger partial charge in [-0.25, -0.2) is 4.79 Å². The van der Waals surface area contributed by atoms with Crippen LogP contribution in [-0.4, -0.2) is 17.3 Å². The van der Waals surface area contributed by atoms with Gasteiger partial charge in [0.2, 0.25) is 0 Å². The molecule has 0 spiro atoms. The number of allylic oxidation sites excluding steroid dienone is 1. The molecule has 2 N–H and O–H groups in total. The number of carbonyl (C=O) groups is 1. The summed E-state index contributed by atoms with van der Waals surface area (Å²) in [5.74, 6) is -0.915. The van der Waals surface area contributed by atoms with Crippen LogP contribution >= 0.6 is 0 Å². The molecule has 4 heteroatoms. The van der Waals surface area contributed by atoms with E-state index in [0.717, 1.165) is 5.56 Å². The number of hydrogen-bond donors (Lipinski definition) is 2. The summed E-state index contributed by atoms with van der Waals surface area (Å²) in [7, 11) is 0. The Morgan fingerprint density at radius 2 is 2.07 bits per heavy atom. The average Bonchev–Trinajstić information content (AvgIpc) is 2.30. The van der Waals surface area contributed by atoms with Crippen LogP contribution in [0.15, 0.2) is 41.5 Å². The predicted octanol–water partition coefficient (Wildman–Crippen LogP) is 1.57. The van der Waals surface area contributed by atoms with Gasteiger partial charge in [0.05, 0.1) is 5.56 Å². The van der Waals surface area contributed by atoms with Crippen molar-refractivity contribution in [1.82, 2.24) is 5.32 Å². The lowest BCUT2D eigenvalue weighted by atomic mass is 10.1. The molecule has 0 aliphatic carbocycles. The van der Waals surface area contributed by atoms with Crippen molar-refractivity contribution in [3.05, 3.63) is 47.7 Å². The van der Waals surface area contributed by atoms with Crippen molar-refractivity contribution < 1.29 is 9.90 Å². The first kappa shape index (κ1) is 9.45. The molecule has 0 amide bonds. The van der Waals surface area contributed by atoms with Crippen LogP contribution in [0, 0.1) is 0 Å². The fraction of sp³-hybridized carbons (Fsp3) is 0.0909. The van der Waals surface area contributed by atoms with Crippen molar-refractivity contribution in [3.8, 4) is 0 Å². The molecule has 1 aliphatic rings. The number of nitrogens with one attached hydrogen (secondary N) is 1. The number of benzene rings is 1. The highest BCUT2D eigenvalue weighted by Gasteiger charge is 2.09. The van der Waals surface area contributed by atoms with E-state index in [2.05, 4.69) is 10.3 Å². The molecule has 0 radical (unpaired) electrons. The summed E-state index contributed by atoms with van der Waals surface area (Å²) in [5.41, 5.74) is 1.23. The normalized spacial score (nSPS) is 18.5. The van der Waals surface area contributed by atoms with Crippen LogP contribution in [-0.2, 0) is 0 Å². The van der Waals surface area contributed by atoms with Crippen LogP contribution in [0.3, 0.4) is 0 Å². The third kappa shape index (κ3) is 2.04. The fourth-order valence-corrected chi connectivity index (χ4v) is 1.36. The van der Waals surface area contributed by atoms with Gasteiger partial charge in [-0.15, -0.1) is 0 Å². The molecular formula is C11H10N2O2. The third-order valence-corrected chi connectivity index (χ3v) is 2.14. The van der Waals surface area contributed by atoms with Crippen LogP contribution in [0.5, 0.6) is 0 Å². The van der Waals surface area contributed by atoms with Gasteiger partial charge in [-0.1, -0.05) is 12.1 Å². The molecule has 2 rings (SSSR count). The summed E-state index contributed by atoms with van der Waals surface area (Å²) in [6.45, 7) is 0. The zero-order valence-corrected chi connectivity index (χ0v) is 7.92. The Labute approximate surface area is 87.0 Å². The number of rotatable bonds is 2. The lowest BCUT2D eigenvalue weighted by molar-refractivity contribution is 0.0697. The van der Waals surface area contributed by atoms with Crippen molar-refractivity contribution in [2.45, 2.75) is 6.17 Å². The molecule has 1 aliphatic heterocycles. The first-order valence-corrected chi connectivity index (χ1v) is 4.55. The minimum absolute atomic E-state index is 0.113. The van der Waals surface area contributed by atoms with Gasteiger partial charge < -0.3 is 10.4 Å². The largest absolute Gasteiger partial charge is 0.478 e. The summed E-state index contributed by atoms with van der Waals surface area (Å²) < 4.78 is 0. The van der Waals surface area contributed by atoms with Gasteiger partial charge in [-0.2, -0.15) is 0 Å². The zero-order chi connectivity index (χ0) is 10.7. The second-order valence-electron chi connectivity index (χ2n) is 3.15. The van der Waals surface area contributed by atoms with Gasteiger partial charge in [0, 0.05) is 6.21 Å². The smallest absolute Gasteiger partial charge is 0.335 e. The van der Waals surface area contributed by atoms with Crippen molar-refractivity contribution in [2.75, 3.05) is 0 Å². The minimum atomic E-state index is -0.915. The fourth-order valence-electron chi connectivity index (χ4n) is 1.36. The van der Waals surface area contributed by atoms with E-state index in [0.29, 0.717) is 0 Å². The summed E-state index contributed by atoms with van der Waals surface area (Å²) >= 11 is 0. The van der Waals surface area contributed by atoms with E-state index < -0.39 is 5.97 Å². The van der Waals surface area contributed by atoms with E-state index in [1.165, 1.54) is 0 Å². The molecule has 0 aromatic heterocycles. The van der Waals surface area contributed by atoms with E-state index in [4.69, 9.17) is 5.11 Å². The Morgan fingerprint density at radius 3 is 2.60 bits per heavy atom. The van der Waals surface area contributed by atoms with E-state index in [-0.39, 0.29) is 11.7 Å². The molecule has 0 unspecified atom stereocenters. The number of nitrogens with zero attached hydrogens (tertiary/aromatic N) is 1. The Bertz CT molecular complexity index is 421. The SMILES string of the molecule is O=C(O)c1ccc([C@H]2N=CC=CN2)cc1. The van der Waals surface area contributed by atoms with Crippen molar-refractivity contribution >= 4 is 12.2 Å². The second kappa shape index (κ2) is 3.96. The van der Waals surface area contributed by atoms with E-state index in [9.17, 15) is 4.79 Å². The Balaban J connectivity index is 2.20. The van der Waals surface area contributed by atoms with Crippen molar-refractivity contribution in [2.24, 2.45) is 4.99 Å². The van der Waals surface area contributed by atoms with Crippen LogP contribution < -0.4 is 5.32 Å². The zero-order valence-electron chi connectivity index (χ0n) is 7.92. The van der Waals surface area contributed by atoms with E-state index in [1.807, 2.05) is 12.3 Å². The molecule has 0 fully saturated rings. The monoisotopic (exact) mass is 202 g/mol. The Kier molecular flexibility index (Phi) is 2.49. The first-order valence-electron chi connectivity index (χ1n) is 4.55. The lowest BCUT2D eigenvalue weighted by Gasteiger charge is -2.15. The predicted molar refractivity (Wildman–Crippen MR) is 56.9 cm³/mol. The van der Waals surface area contributed by atoms with Gasteiger partial charge in [0.25, 0.3) is 0 Å². The summed E-state index contributed by atoms with van der Waals surface area (Å²) in [4.78, 5) is 14.8. The maximum absolute atomic E-state index is 10.6. The molecule has 1 aromatic carbocycles. The Hall–Kier alpha value is -2.10. The van der Waals surface area contributed by atoms with Gasteiger partial charge in [0.1, 0.15) is 6.17 Å². The molecule has 76 valence electrons. The van der Waals surface area contributed by atoms with Crippen molar-refractivity contribution in [1.29, 1.82) is 0 Å². The number of aliphatic imine (C=N–C) groups is 1. The third-order valence-electron chi connectivity index (χ3n) is 2.14. The maximum atomic E-state index is 10.6. The highest BCUT2D eigenvalue weighted by atomic mass is 16.4. The summed E-state index contributed by atoms with van der Waals surface area (Å²) in [6.07, 6.45) is 5.22. The number of carboxylic acids is 1. The molecule has 1 atom stereocenters. The molecule has 15 heavy (non-hydrogen) atoms. The van der Waals surface area contributed by atoms with Gasteiger partial charge in [-0.3, -0.25) is 4.99 Å². The summed E-state index contributed by atoms with van der Waals surface area (Å²) in [5, 5.41) is 11.8. The number of hydrogen-bond acceptors (Lipinski definition) is 3. The molecule has 4 nitrogen and oxygen atoms in total. The quantitative estimate of drug-likeness (QED) is 0.765. The molecule has 0 bridgehead atoms. The highest BCUT2D eigenvalue weighted by molar-refractivity contribution is 5.87. The number of carboxylic acid groups (broad SMARTS) is 1. The maximum Gasteiger partial charge on any atom is 0.335 e.